The number of nitrogens with zero attached hydrogens (tertiary/aromatic N) is 2. The largest absolute Gasteiger partial charge is 0.491 e. The lowest BCUT2D eigenvalue weighted by Crippen LogP contribution is -2.13. The monoisotopic (exact) mass is 486 g/mol. The van der Waals surface area contributed by atoms with Crippen molar-refractivity contribution in [2.75, 3.05) is 39.6 Å². The Kier molecular flexibility index (Phi) is 9.92. The molecular weight excluding hydrogens is 456 g/mol. The molecule has 0 radical (unpaired) electrons. The quantitative estimate of drug-likeness (QED) is 0.175. The van der Waals surface area contributed by atoms with Gasteiger partial charge in [0.25, 0.3) is 0 Å². The zero-order valence-electron chi connectivity index (χ0n) is 20.0. The molecule has 8 heteroatoms. The number of hydrogen-bond donors (Lipinski definition) is 2. The molecule has 2 aromatic carbocycles. The lowest BCUT2D eigenvalue weighted by molar-refractivity contribution is 0.0273. The number of aliphatic imine (C=N–C) groups is 2. The van der Waals surface area contributed by atoms with Crippen molar-refractivity contribution in [2.24, 2.45) is 9.98 Å². The number of aromatic nitrogens is 2. The summed E-state index contributed by atoms with van der Waals surface area (Å²) >= 11 is 0. The van der Waals surface area contributed by atoms with Gasteiger partial charge in [0.1, 0.15) is 24.7 Å². The van der Waals surface area contributed by atoms with Crippen LogP contribution in [-0.2, 0) is 9.47 Å². The van der Waals surface area contributed by atoms with Gasteiger partial charge in [-0.1, -0.05) is 0 Å². The fraction of sp³-hybridized carbons (Fsp3) is 0.214. The Balaban J connectivity index is 0.995. The van der Waals surface area contributed by atoms with Crippen LogP contribution < -0.4 is 9.47 Å². The second-order valence-electron chi connectivity index (χ2n) is 7.68. The molecule has 0 atom stereocenters. The van der Waals surface area contributed by atoms with Crippen molar-refractivity contribution in [1.82, 2.24) is 9.97 Å². The Morgan fingerprint density at radius 3 is 1.33 bits per heavy atom. The van der Waals surface area contributed by atoms with Crippen molar-refractivity contribution >= 4 is 23.8 Å². The van der Waals surface area contributed by atoms with E-state index in [0.717, 1.165) is 34.3 Å². The first-order chi connectivity index (χ1) is 17.8. The molecule has 0 spiro atoms. The van der Waals surface area contributed by atoms with E-state index in [1.807, 2.05) is 85.2 Å². The van der Waals surface area contributed by atoms with Crippen molar-refractivity contribution < 1.29 is 18.9 Å². The van der Waals surface area contributed by atoms with Gasteiger partial charge in [0, 0.05) is 12.4 Å². The summed E-state index contributed by atoms with van der Waals surface area (Å²) in [5, 5.41) is 0. The number of H-pyrrole nitrogens is 2. The molecule has 36 heavy (non-hydrogen) atoms. The smallest absolute Gasteiger partial charge is 0.119 e. The molecule has 0 saturated heterocycles. The van der Waals surface area contributed by atoms with E-state index in [1.54, 1.807) is 12.4 Å². The molecule has 0 aliphatic heterocycles. The van der Waals surface area contributed by atoms with Crippen LogP contribution in [0.15, 0.2) is 95.2 Å². The maximum absolute atomic E-state index is 5.69. The molecule has 2 heterocycles. The van der Waals surface area contributed by atoms with Crippen LogP contribution in [0.25, 0.3) is 0 Å². The topological polar surface area (TPSA) is 93.2 Å². The van der Waals surface area contributed by atoms with Crippen LogP contribution in [0.1, 0.15) is 11.4 Å². The first-order valence-electron chi connectivity index (χ1n) is 11.8. The third-order valence-corrected chi connectivity index (χ3v) is 4.99. The van der Waals surface area contributed by atoms with Crippen molar-refractivity contribution in [2.45, 2.75) is 0 Å². The molecule has 0 unspecified atom stereocenters. The van der Waals surface area contributed by atoms with Gasteiger partial charge in [0.05, 0.1) is 61.6 Å². The second-order valence-corrected chi connectivity index (χ2v) is 7.68. The number of aromatic amines is 2. The highest BCUT2D eigenvalue weighted by Crippen LogP contribution is 2.19. The van der Waals surface area contributed by atoms with E-state index in [-0.39, 0.29) is 0 Å². The molecule has 8 nitrogen and oxygen atoms in total. The van der Waals surface area contributed by atoms with Crippen molar-refractivity contribution in [1.29, 1.82) is 0 Å². The standard InChI is InChI=1S/C28H30N4O4/c1-3-25(29-13-1)21-31-23-5-9-27(10-6-23)35-19-17-33-15-16-34-18-20-36-28-11-7-24(8-12-28)32-22-26-4-2-14-30-26/h1-14,21-22,29-30H,15-20H2. The normalized spacial score (nSPS) is 11.4. The molecular formula is C28H30N4O4. The summed E-state index contributed by atoms with van der Waals surface area (Å²) in [5.41, 5.74) is 3.65. The van der Waals surface area contributed by atoms with Crippen LogP contribution in [0.5, 0.6) is 11.5 Å². The lowest BCUT2D eigenvalue weighted by Gasteiger charge is -2.09. The minimum Gasteiger partial charge on any atom is -0.491 e. The average Bonchev–Trinajstić information content (AvgIpc) is 3.63. The van der Waals surface area contributed by atoms with Gasteiger partial charge in [-0.3, -0.25) is 9.98 Å². The lowest BCUT2D eigenvalue weighted by atomic mass is 10.3. The maximum Gasteiger partial charge on any atom is 0.119 e. The van der Waals surface area contributed by atoms with Gasteiger partial charge >= 0.3 is 0 Å². The minimum absolute atomic E-state index is 0.471. The van der Waals surface area contributed by atoms with Crippen molar-refractivity contribution in [3.63, 3.8) is 0 Å². The number of rotatable bonds is 15. The molecule has 0 fully saturated rings. The first-order valence-corrected chi connectivity index (χ1v) is 11.8. The Hall–Kier alpha value is -4.14. The van der Waals surface area contributed by atoms with E-state index in [1.165, 1.54) is 0 Å². The zero-order chi connectivity index (χ0) is 24.7. The first kappa shape index (κ1) is 25.0. The van der Waals surface area contributed by atoms with E-state index in [2.05, 4.69) is 20.0 Å². The average molecular weight is 487 g/mol. The molecule has 0 amide bonds. The number of nitrogens with one attached hydrogen (secondary N) is 2. The molecule has 2 N–H and O–H groups in total. The molecule has 0 saturated carbocycles. The van der Waals surface area contributed by atoms with Crippen LogP contribution >= 0.6 is 0 Å². The predicted molar refractivity (Wildman–Crippen MR) is 142 cm³/mol. The summed E-state index contributed by atoms with van der Waals surface area (Å²) in [6.45, 7) is 2.93. The summed E-state index contributed by atoms with van der Waals surface area (Å²) in [7, 11) is 0. The number of ether oxygens (including phenoxy) is 4. The highest BCUT2D eigenvalue weighted by molar-refractivity contribution is 5.80. The van der Waals surface area contributed by atoms with Crippen molar-refractivity contribution in [3.8, 4) is 11.5 Å². The number of hydrogen-bond acceptors (Lipinski definition) is 6. The third-order valence-electron chi connectivity index (χ3n) is 4.99. The third kappa shape index (κ3) is 8.90. The Morgan fingerprint density at radius 1 is 0.528 bits per heavy atom. The number of benzene rings is 2. The summed E-state index contributed by atoms with van der Waals surface area (Å²) in [5.74, 6) is 1.57. The van der Waals surface area contributed by atoms with Crippen LogP contribution in [0.3, 0.4) is 0 Å². The fourth-order valence-corrected chi connectivity index (χ4v) is 3.15. The van der Waals surface area contributed by atoms with Crippen LogP contribution in [0.2, 0.25) is 0 Å². The van der Waals surface area contributed by atoms with Gasteiger partial charge < -0.3 is 28.9 Å². The maximum atomic E-state index is 5.69. The van der Waals surface area contributed by atoms with Crippen LogP contribution in [0.4, 0.5) is 11.4 Å². The highest BCUT2D eigenvalue weighted by atomic mass is 16.6. The molecule has 186 valence electrons. The van der Waals surface area contributed by atoms with Crippen LogP contribution in [0, 0.1) is 0 Å². The van der Waals surface area contributed by atoms with Gasteiger partial charge in [-0.25, -0.2) is 0 Å². The fourth-order valence-electron chi connectivity index (χ4n) is 3.15. The summed E-state index contributed by atoms with van der Waals surface area (Å²) in [6, 6.07) is 23.0. The molecule has 0 bridgehead atoms. The molecule has 0 aliphatic carbocycles. The molecule has 2 aromatic heterocycles. The zero-order valence-corrected chi connectivity index (χ0v) is 20.0. The van der Waals surface area contributed by atoms with Gasteiger partial charge in [-0.05, 0) is 72.8 Å². The predicted octanol–water partition coefficient (Wildman–Crippen LogP) is 5.34. The SMILES string of the molecule is C(=Nc1ccc(OCCOCCOCCOc2ccc(N=Cc3ccc[nH]3)cc2)cc1)c1ccc[nH]1. The summed E-state index contributed by atoms with van der Waals surface area (Å²) in [6.07, 6.45) is 7.31. The Morgan fingerprint density at radius 2 is 0.944 bits per heavy atom. The van der Waals surface area contributed by atoms with E-state index in [9.17, 15) is 0 Å². The van der Waals surface area contributed by atoms with E-state index >= 15 is 0 Å². The summed E-state index contributed by atoms with van der Waals surface area (Å²) < 4.78 is 22.5. The molecule has 0 aliphatic rings. The summed E-state index contributed by atoms with van der Waals surface area (Å²) in [4.78, 5) is 15.0. The second kappa shape index (κ2) is 14.3. The van der Waals surface area contributed by atoms with Crippen molar-refractivity contribution in [3.05, 3.63) is 96.6 Å². The highest BCUT2D eigenvalue weighted by Gasteiger charge is 1.98. The van der Waals surface area contributed by atoms with E-state index in [4.69, 9.17) is 18.9 Å². The molecule has 4 rings (SSSR count). The minimum atomic E-state index is 0.471. The van der Waals surface area contributed by atoms with E-state index < -0.39 is 0 Å². The van der Waals surface area contributed by atoms with E-state index in [0.29, 0.717) is 39.6 Å². The van der Waals surface area contributed by atoms with Crippen LogP contribution in [-0.4, -0.2) is 62.0 Å². The van der Waals surface area contributed by atoms with Gasteiger partial charge in [0.2, 0.25) is 0 Å². The van der Waals surface area contributed by atoms with Gasteiger partial charge in [-0.2, -0.15) is 0 Å². The van der Waals surface area contributed by atoms with Gasteiger partial charge in [-0.15, -0.1) is 0 Å². The Bertz CT molecular complexity index is 1070. The molecule has 4 aromatic rings. The Labute approximate surface area is 210 Å². The van der Waals surface area contributed by atoms with Gasteiger partial charge in [0.15, 0.2) is 0 Å².